The summed E-state index contributed by atoms with van der Waals surface area (Å²) in [5, 5.41) is 6.74. The van der Waals surface area contributed by atoms with E-state index in [4.69, 9.17) is 0 Å². The molecule has 1 aromatic rings. The van der Waals surface area contributed by atoms with Crippen LogP contribution >= 0.6 is 11.3 Å². The highest BCUT2D eigenvalue weighted by Gasteiger charge is 2.19. The Labute approximate surface area is 108 Å². The first-order valence-electron chi connectivity index (χ1n) is 6.59. The first kappa shape index (κ1) is 13.0. The van der Waals surface area contributed by atoms with Crippen molar-refractivity contribution in [3.8, 4) is 0 Å². The topological polar surface area (TPSA) is 28.2 Å². The Morgan fingerprint density at radius 1 is 1.47 bits per heavy atom. The molecule has 0 amide bonds. The van der Waals surface area contributed by atoms with E-state index in [9.17, 15) is 0 Å². The Hall–Kier alpha value is -0.450. The van der Waals surface area contributed by atoms with Gasteiger partial charge < -0.3 is 5.32 Å². The van der Waals surface area contributed by atoms with Gasteiger partial charge in [-0.3, -0.25) is 4.90 Å². The van der Waals surface area contributed by atoms with Crippen molar-refractivity contribution in [3.63, 3.8) is 0 Å². The third-order valence-corrected chi connectivity index (χ3v) is 4.27. The summed E-state index contributed by atoms with van der Waals surface area (Å²) < 4.78 is 0. The van der Waals surface area contributed by atoms with Gasteiger partial charge >= 0.3 is 0 Å². The van der Waals surface area contributed by atoms with Crippen molar-refractivity contribution in [1.82, 2.24) is 15.2 Å². The molecule has 1 aliphatic rings. The third-order valence-electron chi connectivity index (χ3n) is 3.50. The van der Waals surface area contributed by atoms with Crippen LogP contribution in [0, 0.1) is 5.92 Å². The monoisotopic (exact) mass is 253 g/mol. The summed E-state index contributed by atoms with van der Waals surface area (Å²) >= 11 is 1.77. The smallest absolute Gasteiger partial charge is 0.107 e. The number of piperidine rings is 1. The highest BCUT2D eigenvalue weighted by molar-refractivity contribution is 7.09. The minimum atomic E-state index is 0.605. The van der Waals surface area contributed by atoms with Crippen molar-refractivity contribution in [2.45, 2.75) is 39.3 Å². The Kier molecular flexibility index (Phi) is 4.95. The highest BCUT2D eigenvalue weighted by Crippen LogP contribution is 2.18. The number of hydrogen-bond donors (Lipinski definition) is 1. The van der Waals surface area contributed by atoms with Gasteiger partial charge in [-0.25, -0.2) is 4.98 Å². The fourth-order valence-corrected chi connectivity index (χ4v) is 3.00. The van der Waals surface area contributed by atoms with Crippen molar-refractivity contribution in [1.29, 1.82) is 0 Å². The molecule has 0 bridgehead atoms. The Bertz CT molecular complexity index is 304. The number of hydrogen-bond acceptors (Lipinski definition) is 4. The van der Waals surface area contributed by atoms with Crippen LogP contribution in [-0.4, -0.2) is 35.6 Å². The van der Waals surface area contributed by atoms with Crippen molar-refractivity contribution in [2.75, 3.05) is 19.6 Å². The average molecular weight is 253 g/mol. The van der Waals surface area contributed by atoms with Crippen LogP contribution < -0.4 is 5.32 Å². The van der Waals surface area contributed by atoms with E-state index >= 15 is 0 Å². The van der Waals surface area contributed by atoms with Gasteiger partial charge in [0.15, 0.2) is 0 Å². The van der Waals surface area contributed by atoms with Crippen molar-refractivity contribution in [3.05, 3.63) is 16.6 Å². The molecule has 96 valence electrons. The van der Waals surface area contributed by atoms with Crippen LogP contribution in [0.3, 0.4) is 0 Å². The van der Waals surface area contributed by atoms with Gasteiger partial charge in [-0.05, 0) is 45.7 Å². The van der Waals surface area contributed by atoms with Crippen LogP contribution in [0.5, 0.6) is 0 Å². The largest absolute Gasteiger partial charge is 0.317 e. The molecule has 2 heterocycles. The van der Waals surface area contributed by atoms with Crippen LogP contribution in [0.2, 0.25) is 0 Å². The Morgan fingerprint density at radius 3 is 2.82 bits per heavy atom. The standard InChI is InChI=1S/C13H23N3S/c1-11(2)16(10-13-15-7-8-17-13)9-12-3-5-14-6-4-12/h7-8,11-12,14H,3-6,9-10H2,1-2H3. The predicted octanol–water partition coefficient (Wildman–Crippen LogP) is 2.35. The van der Waals surface area contributed by atoms with E-state index in [0.717, 1.165) is 12.5 Å². The van der Waals surface area contributed by atoms with Crippen molar-refractivity contribution < 1.29 is 0 Å². The van der Waals surface area contributed by atoms with Crippen LogP contribution in [0.15, 0.2) is 11.6 Å². The summed E-state index contributed by atoms with van der Waals surface area (Å²) in [4.78, 5) is 6.96. The quantitative estimate of drug-likeness (QED) is 0.873. The Balaban J connectivity index is 1.87. The molecule has 3 nitrogen and oxygen atoms in total. The van der Waals surface area contributed by atoms with E-state index in [1.165, 1.54) is 37.5 Å². The molecule has 0 aliphatic carbocycles. The fraction of sp³-hybridized carbons (Fsp3) is 0.769. The number of aromatic nitrogens is 1. The van der Waals surface area contributed by atoms with Gasteiger partial charge in [0.1, 0.15) is 5.01 Å². The lowest BCUT2D eigenvalue weighted by Gasteiger charge is -2.32. The van der Waals surface area contributed by atoms with Gasteiger partial charge in [-0.15, -0.1) is 11.3 Å². The van der Waals surface area contributed by atoms with Gasteiger partial charge in [-0.2, -0.15) is 0 Å². The molecule has 1 saturated heterocycles. The summed E-state index contributed by atoms with van der Waals surface area (Å²) in [5.41, 5.74) is 0. The lowest BCUT2D eigenvalue weighted by Crippen LogP contribution is -2.39. The number of nitrogens with zero attached hydrogens (tertiary/aromatic N) is 2. The van der Waals surface area contributed by atoms with E-state index < -0.39 is 0 Å². The summed E-state index contributed by atoms with van der Waals surface area (Å²) in [6.45, 7) is 9.18. The summed E-state index contributed by atoms with van der Waals surface area (Å²) in [6.07, 6.45) is 4.55. The van der Waals surface area contributed by atoms with Gasteiger partial charge in [0.25, 0.3) is 0 Å². The van der Waals surface area contributed by atoms with E-state index in [0.29, 0.717) is 6.04 Å². The van der Waals surface area contributed by atoms with Gasteiger partial charge in [0.2, 0.25) is 0 Å². The molecule has 0 spiro atoms. The molecule has 1 N–H and O–H groups in total. The molecule has 2 rings (SSSR count). The molecule has 0 atom stereocenters. The Morgan fingerprint density at radius 2 is 2.24 bits per heavy atom. The normalized spacial score (nSPS) is 18.1. The van der Waals surface area contributed by atoms with Crippen LogP contribution in [-0.2, 0) is 6.54 Å². The molecule has 17 heavy (non-hydrogen) atoms. The average Bonchev–Trinajstić information content (AvgIpc) is 2.82. The molecule has 1 aromatic heterocycles. The molecule has 0 aromatic carbocycles. The minimum absolute atomic E-state index is 0.605. The molecule has 0 saturated carbocycles. The fourth-order valence-electron chi connectivity index (χ4n) is 2.36. The van der Waals surface area contributed by atoms with Gasteiger partial charge in [0, 0.05) is 24.2 Å². The number of nitrogens with one attached hydrogen (secondary N) is 1. The van der Waals surface area contributed by atoms with Crippen LogP contribution in [0.1, 0.15) is 31.7 Å². The second kappa shape index (κ2) is 6.47. The third kappa shape index (κ3) is 4.05. The summed E-state index contributed by atoms with van der Waals surface area (Å²) in [5.74, 6) is 0.860. The van der Waals surface area contributed by atoms with Gasteiger partial charge in [-0.1, -0.05) is 0 Å². The maximum absolute atomic E-state index is 4.40. The zero-order valence-corrected chi connectivity index (χ0v) is 11.7. The maximum atomic E-state index is 4.40. The molecule has 0 unspecified atom stereocenters. The molecule has 1 fully saturated rings. The second-order valence-electron chi connectivity index (χ2n) is 5.14. The van der Waals surface area contributed by atoms with E-state index in [1.54, 1.807) is 11.3 Å². The van der Waals surface area contributed by atoms with Crippen molar-refractivity contribution >= 4 is 11.3 Å². The SMILES string of the molecule is CC(C)N(Cc1nccs1)CC1CCNCC1. The minimum Gasteiger partial charge on any atom is -0.317 e. The summed E-state index contributed by atoms with van der Waals surface area (Å²) in [6, 6.07) is 0.605. The number of thiazole rings is 1. The van der Waals surface area contributed by atoms with E-state index in [1.807, 2.05) is 6.20 Å². The molecule has 0 radical (unpaired) electrons. The lowest BCUT2D eigenvalue weighted by atomic mass is 9.97. The predicted molar refractivity (Wildman–Crippen MR) is 73.3 cm³/mol. The lowest BCUT2D eigenvalue weighted by molar-refractivity contribution is 0.161. The van der Waals surface area contributed by atoms with Gasteiger partial charge in [0.05, 0.1) is 6.54 Å². The van der Waals surface area contributed by atoms with E-state index in [-0.39, 0.29) is 0 Å². The zero-order valence-electron chi connectivity index (χ0n) is 10.9. The first-order chi connectivity index (χ1) is 8.25. The maximum Gasteiger partial charge on any atom is 0.107 e. The van der Waals surface area contributed by atoms with E-state index in [2.05, 4.69) is 34.4 Å². The molecule has 1 aliphatic heterocycles. The highest BCUT2D eigenvalue weighted by atomic mass is 32.1. The van der Waals surface area contributed by atoms with Crippen LogP contribution in [0.4, 0.5) is 0 Å². The number of rotatable bonds is 5. The van der Waals surface area contributed by atoms with Crippen LogP contribution in [0.25, 0.3) is 0 Å². The molecular weight excluding hydrogens is 230 g/mol. The zero-order chi connectivity index (χ0) is 12.1. The second-order valence-corrected chi connectivity index (χ2v) is 6.12. The molecular formula is C13H23N3S. The van der Waals surface area contributed by atoms with Crippen molar-refractivity contribution in [2.24, 2.45) is 5.92 Å². The summed E-state index contributed by atoms with van der Waals surface area (Å²) in [7, 11) is 0. The molecule has 4 heteroatoms. The first-order valence-corrected chi connectivity index (χ1v) is 7.47.